The van der Waals surface area contributed by atoms with E-state index in [4.69, 9.17) is 9.26 Å². The summed E-state index contributed by atoms with van der Waals surface area (Å²) in [6.07, 6.45) is 6.19. The molecular weight excluding hydrogens is 354 g/mol. The minimum absolute atomic E-state index is 0.0658. The summed E-state index contributed by atoms with van der Waals surface area (Å²) in [7, 11) is 0. The van der Waals surface area contributed by atoms with E-state index in [9.17, 15) is 4.79 Å². The summed E-state index contributed by atoms with van der Waals surface area (Å²) in [5.41, 5.74) is 0.868. The summed E-state index contributed by atoms with van der Waals surface area (Å²) in [5.74, 6) is 4.27. The first kappa shape index (κ1) is 19.0. The number of fused-ring (bicyclic) bond motifs is 2. The molecule has 1 N–H and O–H groups in total. The summed E-state index contributed by atoms with van der Waals surface area (Å²) < 4.78 is 10.8. The van der Waals surface area contributed by atoms with Gasteiger partial charge < -0.3 is 14.6 Å². The van der Waals surface area contributed by atoms with Crippen molar-refractivity contribution in [2.75, 3.05) is 6.61 Å². The van der Waals surface area contributed by atoms with E-state index in [1.807, 2.05) is 31.2 Å². The van der Waals surface area contributed by atoms with Crippen LogP contribution in [0.5, 0.6) is 5.75 Å². The van der Waals surface area contributed by atoms with Crippen molar-refractivity contribution in [3.8, 4) is 17.1 Å². The maximum atomic E-state index is 12.4. The number of hydrogen-bond acceptors (Lipinski definition) is 5. The molecule has 28 heavy (non-hydrogen) atoms. The first-order valence-corrected chi connectivity index (χ1v) is 10.5. The SMILES string of the molecule is CCOc1ccc(-c2noc(CCC(=O)NC(C)C3CC4CCC3C4)n2)cc1. The van der Waals surface area contributed by atoms with Crippen LogP contribution in [0.25, 0.3) is 11.4 Å². The molecule has 2 aliphatic carbocycles. The van der Waals surface area contributed by atoms with Crippen LogP contribution in [0, 0.1) is 17.8 Å². The molecule has 2 aliphatic rings. The second kappa shape index (κ2) is 8.33. The molecule has 4 rings (SSSR count). The lowest BCUT2D eigenvalue weighted by atomic mass is 9.84. The Morgan fingerprint density at radius 3 is 2.79 bits per heavy atom. The van der Waals surface area contributed by atoms with Gasteiger partial charge in [0.05, 0.1) is 6.61 Å². The van der Waals surface area contributed by atoms with Crippen molar-refractivity contribution >= 4 is 5.91 Å². The van der Waals surface area contributed by atoms with Crippen LogP contribution in [-0.2, 0) is 11.2 Å². The number of carbonyl (C=O) groups is 1. The molecular formula is C22H29N3O3. The number of ether oxygens (including phenoxy) is 1. The van der Waals surface area contributed by atoms with Gasteiger partial charge in [-0.25, -0.2) is 0 Å². The highest BCUT2D eigenvalue weighted by molar-refractivity contribution is 5.76. The number of amides is 1. The standard InChI is InChI=1S/C22H29N3O3/c1-3-27-18-8-6-16(7-9-18)22-24-21(28-25-22)11-10-20(26)23-14(2)19-13-15-4-5-17(19)12-15/h6-9,14-15,17,19H,3-5,10-13H2,1-2H3,(H,23,26). The Labute approximate surface area is 166 Å². The van der Waals surface area contributed by atoms with Gasteiger partial charge in [-0.1, -0.05) is 11.6 Å². The van der Waals surface area contributed by atoms with Crippen molar-refractivity contribution < 1.29 is 14.1 Å². The third kappa shape index (κ3) is 4.21. The Morgan fingerprint density at radius 2 is 2.11 bits per heavy atom. The molecule has 2 saturated carbocycles. The number of aryl methyl sites for hydroxylation is 1. The van der Waals surface area contributed by atoms with Crippen LogP contribution < -0.4 is 10.1 Å². The quantitative estimate of drug-likeness (QED) is 0.745. The van der Waals surface area contributed by atoms with Crippen LogP contribution in [0.2, 0.25) is 0 Å². The first-order chi connectivity index (χ1) is 13.6. The van der Waals surface area contributed by atoms with Gasteiger partial charge in [-0.15, -0.1) is 0 Å². The van der Waals surface area contributed by atoms with Gasteiger partial charge in [0.15, 0.2) is 0 Å². The van der Waals surface area contributed by atoms with Gasteiger partial charge in [0.25, 0.3) is 0 Å². The summed E-state index contributed by atoms with van der Waals surface area (Å²) in [4.78, 5) is 16.8. The van der Waals surface area contributed by atoms with Crippen molar-refractivity contribution in [3.63, 3.8) is 0 Å². The fraction of sp³-hybridized carbons (Fsp3) is 0.591. The van der Waals surface area contributed by atoms with E-state index in [0.29, 0.717) is 37.1 Å². The van der Waals surface area contributed by atoms with Crippen molar-refractivity contribution in [1.82, 2.24) is 15.5 Å². The molecule has 0 radical (unpaired) electrons. The molecule has 1 aromatic heterocycles. The van der Waals surface area contributed by atoms with E-state index in [0.717, 1.165) is 23.1 Å². The van der Waals surface area contributed by atoms with E-state index in [1.54, 1.807) is 0 Å². The van der Waals surface area contributed by atoms with E-state index in [1.165, 1.54) is 25.7 Å². The maximum absolute atomic E-state index is 12.4. The van der Waals surface area contributed by atoms with Crippen LogP contribution in [0.3, 0.4) is 0 Å². The molecule has 6 nitrogen and oxygen atoms in total. The summed E-state index contributed by atoms with van der Waals surface area (Å²) in [5, 5.41) is 7.22. The topological polar surface area (TPSA) is 77.2 Å². The van der Waals surface area contributed by atoms with Gasteiger partial charge >= 0.3 is 0 Å². The first-order valence-electron chi connectivity index (χ1n) is 10.5. The lowest BCUT2D eigenvalue weighted by molar-refractivity contribution is -0.122. The Balaban J connectivity index is 1.26. The minimum Gasteiger partial charge on any atom is -0.494 e. The Morgan fingerprint density at radius 1 is 1.29 bits per heavy atom. The molecule has 6 heteroatoms. The molecule has 4 unspecified atom stereocenters. The zero-order valence-corrected chi connectivity index (χ0v) is 16.7. The molecule has 2 fully saturated rings. The number of aromatic nitrogens is 2. The van der Waals surface area contributed by atoms with Gasteiger partial charge in [-0.3, -0.25) is 4.79 Å². The molecule has 1 amide bonds. The normalized spacial score (nSPS) is 24.3. The molecule has 150 valence electrons. The molecule has 1 heterocycles. The predicted molar refractivity (Wildman–Crippen MR) is 106 cm³/mol. The highest BCUT2D eigenvalue weighted by Gasteiger charge is 2.42. The third-order valence-electron chi connectivity index (χ3n) is 6.28. The number of benzene rings is 1. The number of nitrogens with zero attached hydrogens (tertiary/aromatic N) is 2. The lowest BCUT2D eigenvalue weighted by Gasteiger charge is -2.28. The van der Waals surface area contributed by atoms with Crippen molar-refractivity contribution in [1.29, 1.82) is 0 Å². The van der Waals surface area contributed by atoms with Crippen LogP contribution in [0.1, 0.15) is 51.8 Å². The van der Waals surface area contributed by atoms with Crippen molar-refractivity contribution in [2.24, 2.45) is 17.8 Å². The number of nitrogens with one attached hydrogen (secondary N) is 1. The van der Waals surface area contributed by atoms with Gasteiger partial charge in [0, 0.05) is 24.4 Å². The average Bonchev–Trinajstić information content (AvgIpc) is 3.44. The fourth-order valence-electron chi connectivity index (χ4n) is 4.90. The van der Waals surface area contributed by atoms with Gasteiger partial charge in [0.1, 0.15) is 5.75 Å². The minimum atomic E-state index is 0.0658. The van der Waals surface area contributed by atoms with E-state index >= 15 is 0 Å². The molecule has 1 aromatic carbocycles. The Hall–Kier alpha value is -2.37. The predicted octanol–water partition coefficient (Wildman–Crippen LogP) is 4.01. The summed E-state index contributed by atoms with van der Waals surface area (Å²) >= 11 is 0. The van der Waals surface area contributed by atoms with Gasteiger partial charge in [-0.05, 0) is 75.1 Å². The molecule has 2 bridgehead atoms. The molecule has 0 saturated heterocycles. The average molecular weight is 383 g/mol. The van der Waals surface area contributed by atoms with Crippen LogP contribution in [-0.4, -0.2) is 28.7 Å². The Kier molecular flexibility index (Phi) is 5.64. The number of carbonyl (C=O) groups excluding carboxylic acids is 1. The lowest BCUT2D eigenvalue weighted by Crippen LogP contribution is -2.40. The van der Waals surface area contributed by atoms with Gasteiger partial charge in [0.2, 0.25) is 17.6 Å². The number of rotatable bonds is 8. The van der Waals surface area contributed by atoms with Crippen LogP contribution >= 0.6 is 0 Å². The number of hydrogen-bond donors (Lipinski definition) is 1. The van der Waals surface area contributed by atoms with Crippen molar-refractivity contribution in [2.45, 2.75) is 58.4 Å². The van der Waals surface area contributed by atoms with Crippen LogP contribution in [0.4, 0.5) is 0 Å². The molecule has 0 spiro atoms. The smallest absolute Gasteiger partial charge is 0.227 e. The fourth-order valence-corrected chi connectivity index (χ4v) is 4.90. The highest BCUT2D eigenvalue weighted by atomic mass is 16.5. The molecule has 4 atom stereocenters. The van der Waals surface area contributed by atoms with Crippen molar-refractivity contribution in [3.05, 3.63) is 30.2 Å². The van der Waals surface area contributed by atoms with E-state index in [-0.39, 0.29) is 11.9 Å². The Bertz CT molecular complexity index is 802. The second-order valence-electron chi connectivity index (χ2n) is 8.16. The zero-order chi connectivity index (χ0) is 19.5. The summed E-state index contributed by atoms with van der Waals surface area (Å²) in [6.45, 7) is 4.74. The molecule has 2 aromatic rings. The van der Waals surface area contributed by atoms with E-state index in [2.05, 4.69) is 22.4 Å². The second-order valence-corrected chi connectivity index (χ2v) is 8.16. The largest absolute Gasteiger partial charge is 0.494 e. The summed E-state index contributed by atoms with van der Waals surface area (Å²) in [6, 6.07) is 7.84. The maximum Gasteiger partial charge on any atom is 0.227 e. The monoisotopic (exact) mass is 383 g/mol. The zero-order valence-electron chi connectivity index (χ0n) is 16.7. The highest BCUT2D eigenvalue weighted by Crippen LogP contribution is 2.49. The van der Waals surface area contributed by atoms with Crippen LogP contribution in [0.15, 0.2) is 28.8 Å². The van der Waals surface area contributed by atoms with E-state index < -0.39 is 0 Å². The molecule has 0 aliphatic heterocycles. The van der Waals surface area contributed by atoms with Gasteiger partial charge in [-0.2, -0.15) is 4.98 Å². The third-order valence-corrected chi connectivity index (χ3v) is 6.28.